The molecule has 146 valence electrons. The predicted octanol–water partition coefficient (Wildman–Crippen LogP) is 5.01. The van der Waals surface area contributed by atoms with E-state index in [-0.39, 0.29) is 0 Å². The van der Waals surface area contributed by atoms with Crippen LogP contribution in [0, 0.1) is 5.92 Å². The summed E-state index contributed by atoms with van der Waals surface area (Å²) in [5.74, 6) is 1.81. The molecule has 0 bridgehead atoms. The molecule has 3 nitrogen and oxygen atoms in total. The average Bonchev–Trinajstić information content (AvgIpc) is 2.68. The van der Waals surface area contributed by atoms with Crippen molar-refractivity contribution >= 4 is 17.3 Å². The van der Waals surface area contributed by atoms with Crippen LogP contribution in [0.5, 0.6) is 5.75 Å². The highest BCUT2D eigenvalue weighted by Gasteiger charge is 2.21. The Bertz CT molecular complexity index is 722. The molecule has 0 aliphatic carbocycles. The Balaban J connectivity index is 1.73. The van der Waals surface area contributed by atoms with E-state index in [0.29, 0.717) is 11.7 Å². The van der Waals surface area contributed by atoms with Crippen molar-refractivity contribution in [2.75, 3.05) is 44.5 Å². The standard InChI is InChI=1S/C23H31ClN2O/c1-25(2)21-9-7-19(8-10-21)23-20(5-3-6-22(23)27)17-18-11-15-26(16-12-18)14-4-13-24/h3,5-10,18,27H,4,11-17H2,1-2H3. The third-order valence-electron chi connectivity index (χ3n) is 5.62. The first-order valence-corrected chi connectivity index (χ1v) is 10.5. The van der Waals surface area contributed by atoms with Crippen molar-refractivity contribution in [1.29, 1.82) is 0 Å². The highest BCUT2D eigenvalue weighted by molar-refractivity contribution is 6.17. The summed E-state index contributed by atoms with van der Waals surface area (Å²) >= 11 is 5.82. The summed E-state index contributed by atoms with van der Waals surface area (Å²) in [4.78, 5) is 4.62. The number of hydrogen-bond acceptors (Lipinski definition) is 3. The number of phenols is 1. The number of phenolic OH excluding ortho intramolecular Hbond substituents is 1. The van der Waals surface area contributed by atoms with E-state index in [1.807, 2.05) is 20.2 Å². The first-order valence-electron chi connectivity index (χ1n) is 9.95. The topological polar surface area (TPSA) is 26.7 Å². The zero-order valence-electron chi connectivity index (χ0n) is 16.5. The smallest absolute Gasteiger partial charge is 0.123 e. The Labute approximate surface area is 168 Å². The van der Waals surface area contributed by atoms with Crippen LogP contribution in [-0.2, 0) is 6.42 Å². The van der Waals surface area contributed by atoms with Crippen LogP contribution in [0.2, 0.25) is 0 Å². The fourth-order valence-corrected chi connectivity index (χ4v) is 4.14. The van der Waals surface area contributed by atoms with Crippen LogP contribution >= 0.6 is 11.6 Å². The van der Waals surface area contributed by atoms with Crippen molar-refractivity contribution in [3.8, 4) is 16.9 Å². The molecule has 1 fully saturated rings. The van der Waals surface area contributed by atoms with Gasteiger partial charge in [0.1, 0.15) is 5.75 Å². The molecule has 2 aromatic rings. The van der Waals surface area contributed by atoms with E-state index in [2.05, 4.69) is 40.1 Å². The Morgan fingerprint density at radius 3 is 2.41 bits per heavy atom. The van der Waals surface area contributed by atoms with Crippen LogP contribution < -0.4 is 4.90 Å². The zero-order valence-corrected chi connectivity index (χ0v) is 17.3. The van der Waals surface area contributed by atoms with E-state index in [9.17, 15) is 5.11 Å². The van der Waals surface area contributed by atoms with Crippen LogP contribution in [0.4, 0.5) is 5.69 Å². The number of anilines is 1. The number of aromatic hydroxyl groups is 1. The maximum Gasteiger partial charge on any atom is 0.123 e. The van der Waals surface area contributed by atoms with Gasteiger partial charge in [0, 0.05) is 31.2 Å². The minimum absolute atomic E-state index is 0.379. The van der Waals surface area contributed by atoms with Gasteiger partial charge in [0.15, 0.2) is 0 Å². The molecule has 0 aromatic heterocycles. The zero-order chi connectivity index (χ0) is 19.2. The molecule has 0 saturated carbocycles. The number of piperidine rings is 1. The summed E-state index contributed by atoms with van der Waals surface area (Å²) in [5, 5.41) is 10.6. The van der Waals surface area contributed by atoms with Gasteiger partial charge >= 0.3 is 0 Å². The maximum absolute atomic E-state index is 10.6. The lowest BCUT2D eigenvalue weighted by atomic mass is 9.86. The van der Waals surface area contributed by atoms with Crippen molar-refractivity contribution in [3.63, 3.8) is 0 Å². The molecule has 0 spiro atoms. The number of nitrogens with zero attached hydrogens (tertiary/aromatic N) is 2. The Morgan fingerprint density at radius 1 is 1.07 bits per heavy atom. The average molecular weight is 387 g/mol. The normalized spacial score (nSPS) is 15.8. The van der Waals surface area contributed by atoms with Gasteiger partial charge in [0.25, 0.3) is 0 Å². The lowest BCUT2D eigenvalue weighted by molar-refractivity contribution is 0.184. The molecule has 1 heterocycles. The number of hydrogen-bond donors (Lipinski definition) is 1. The van der Waals surface area contributed by atoms with Gasteiger partial charge in [-0.25, -0.2) is 0 Å². The second-order valence-electron chi connectivity index (χ2n) is 7.78. The van der Waals surface area contributed by atoms with Gasteiger partial charge in [-0.2, -0.15) is 0 Å². The summed E-state index contributed by atoms with van der Waals surface area (Å²) in [6, 6.07) is 14.4. The number of halogens is 1. The van der Waals surface area contributed by atoms with Gasteiger partial charge < -0.3 is 14.9 Å². The number of benzene rings is 2. The van der Waals surface area contributed by atoms with Crippen molar-refractivity contribution < 1.29 is 5.11 Å². The summed E-state index contributed by atoms with van der Waals surface area (Å²) in [6.45, 7) is 3.44. The Kier molecular flexibility index (Phi) is 7.03. The summed E-state index contributed by atoms with van der Waals surface area (Å²) in [7, 11) is 4.08. The van der Waals surface area contributed by atoms with Gasteiger partial charge in [0.2, 0.25) is 0 Å². The molecule has 0 amide bonds. The van der Waals surface area contributed by atoms with E-state index in [0.717, 1.165) is 49.5 Å². The fraction of sp³-hybridized carbons (Fsp3) is 0.478. The monoisotopic (exact) mass is 386 g/mol. The molecule has 27 heavy (non-hydrogen) atoms. The van der Waals surface area contributed by atoms with E-state index in [4.69, 9.17) is 11.6 Å². The van der Waals surface area contributed by atoms with E-state index in [1.54, 1.807) is 6.07 Å². The second kappa shape index (κ2) is 9.48. The quantitative estimate of drug-likeness (QED) is 0.677. The Hall–Kier alpha value is -1.71. The van der Waals surface area contributed by atoms with Gasteiger partial charge in [-0.1, -0.05) is 24.3 Å². The fourth-order valence-electron chi connectivity index (χ4n) is 4.02. The van der Waals surface area contributed by atoms with Crippen LogP contribution in [0.1, 0.15) is 24.8 Å². The number of rotatable bonds is 7. The van der Waals surface area contributed by atoms with Gasteiger partial charge in [-0.3, -0.25) is 0 Å². The molecular formula is C23H31ClN2O. The van der Waals surface area contributed by atoms with E-state index >= 15 is 0 Å². The molecule has 3 rings (SSSR count). The molecule has 1 aliphatic rings. The van der Waals surface area contributed by atoms with Crippen LogP contribution in [0.15, 0.2) is 42.5 Å². The van der Waals surface area contributed by atoms with Gasteiger partial charge in [-0.15, -0.1) is 11.6 Å². The Morgan fingerprint density at radius 2 is 1.78 bits per heavy atom. The van der Waals surface area contributed by atoms with Crippen molar-refractivity contribution in [2.24, 2.45) is 5.92 Å². The molecular weight excluding hydrogens is 356 g/mol. The molecule has 4 heteroatoms. The molecule has 0 atom stereocenters. The van der Waals surface area contributed by atoms with Gasteiger partial charge in [0.05, 0.1) is 0 Å². The maximum atomic E-state index is 10.6. The lowest BCUT2D eigenvalue weighted by Gasteiger charge is -2.32. The second-order valence-corrected chi connectivity index (χ2v) is 8.16. The SMILES string of the molecule is CN(C)c1ccc(-c2c(O)cccc2CC2CCN(CCCCl)CC2)cc1. The van der Waals surface area contributed by atoms with E-state index < -0.39 is 0 Å². The first kappa shape index (κ1) is 20.0. The van der Waals surface area contributed by atoms with Crippen LogP contribution in [-0.4, -0.2) is 49.6 Å². The molecule has 1 aliphatic heterocycles. The highest BCUT2D eigenvalue weighted by Crippen LogP contribution is 2.36. The van der Waals surface area contributed by atoms with Crippen LogP contribution in [0.3, 0.4) is 0 Å². The third-order valence-corrected chi connectivity index (χ3v) is 5.89. The molecule has 2 aromatic carbocycles. The largest absolute Gasteiger partial charge is 0.507 e. The van der Waals surface area contributed by atoms with Gasteiger partial charge in [-0.05, 0) is 80.6 Å². The molecule has 1 N–H and O–H groups in total. The summed E-state index contributed by atoms with van der Waals surface area (Å²) < 4.78 is 0. The highest BCUT2D eigenvalue weighted by atomic mass is 35.5. The molecule has 0 unspecified atom stereocenters. The minimum atomic E-state index is 0.379. The molecule has 0 radical (unpaired) electrons. The summed E-state index contributed by atoms with van der Waals surface area (Å²) in [5.41, 5.74) is 4.51. The van der Waals surface area contributed by atoms with E-state index in [1.165, 1.54) is 24.1 Å². The van der Waals surface area contributed by atoms with Crippen molar-refractivity contribution in [2.45, 2.75) is 25.7 Å². The first-order chi connectivity index (χ1) is 13.1. The summed E-state index contributed by atoms with van der Waals surface area (Å²) in [6.07, 6.45) is 4.54. The van der Waals surface area contributed by atoms with Crippen molar-refractivity contribution in [1.82, 2.24) is 4.90 Å². The number of alkyl halides is 1. The van der Waals surface area contributed by atoms with Crippen LogP contribution in [0.25, 0.3) is 11.1 Å². The third kappa shape index (κ3) is 5.18. The van der Waals surface area contributed by atoms with Crippen molar-refractivity contribution in [3.05, 3.63) is 48.0 Å². The molecule has 1 saturated heterocycles. The predicted molar refractivity (Wildman–Crippen MR) is 116 cm³/mol. The lowest BCUT2D eigenvalue weighted by Crippen LogP contribution is -2.35. The minimum Gasteiger partial charge on any atom is -0.507 e. The number of likely N-dealkylation sites (tertiary alicyclic amines) is 1.